The molecule has 0 spiro atoms. The molecule has 3 N–H and O–H groups in total. The van der Waals surface area contributed by atoms with Crippen molar-refractivity contribution in [3.8, 4) is 12.3 Å². The van der Waals surface area contributed by atoms with Crippen molar-refractivity contribution in [3.63, 3.8) is 0 Å². The van der Waals surface area contributed by atoms with Crippen LogP contribution in [0.5, 0.6) is 0 Å². The summed E-state index contributed by atoms with van der Waals surface area (Å²) >= 11 is 1.70. The SMILES string of the molecule is C#CCSCCNc1ccc(C(C)=O)c(N)c1. The molecule has 0 aliphatic heterocycles. The van der Waals surface area contributed by atoms with Gasteiger partial charge in [0.05, 0.1) is 5.75 Å². The van der Waals surface area contributed by atoms with Crippen LogP contribution in [-0.4, -0.2) is 23.8 Å². The molecule has 0 heterocycles. The fourth-order valence-corrected chi connectivity index (χ4v) is 1.90. The molecule has 0 saturated heterocycles. The van der Waals surface area contributed by atoms with Crippen LogP contribution in [0.25, 0.3) is 0 Å². The van der Waals surface area contributed by atoms with Gasteiger partial charge in [-0.05, 0) is 25.1 Å². The summed E-state index contributed by atoms with van der Waals surface area (Å²) in [6.45, 7) is 2.33. The fraction of sp³-hybridized carbons (Fsp3) is 0.308. The van der Waals surface area contributed by atoms with Crippen LogP contribution < -0.4 is 11.1 Å². The molecule has 4 heteroatoms. The number of hydrogen-bond donors (Lipinski definition) is 2. The molecule has 0 saturated carbocycles. The Kier molecular flexibility index (Phi) is 5.44. The zero-order valence-electron chi connectivity index (χ0n) is 9.82. The first-order chi connectivity index (χ1) is 8.15. The third kappa shape index (κ3) is 4.41. The smallest absolute Gasteiger partial charge is 0.161 e. The lowest BCUT2D eigenvalue weighted by atomic mass is 10.1. The van der Waals surface area contributed by atoms with Gasteiger partial charge in [0.1, 0.15) is 0 Å². The van der Waals surface area contributed by atoms with Gasteiger partial charge in [0.15, 0.2) is 5.78 Å². The Morgan fingerprint density at radius 2 is 2.35 bits per heavy atom. The summed E-state index contributed by atoms with van der Waals surface area (Å²) in [6, 6.07) is 5.39. The van der Waals surface area contributed by atoms with Crippen molar-refractivity contribution in [2.45, 2.75) is 6.92 Å². The second-order valence-corrected chi connectivity index (χ2v) is 4.65. The Morgan fingerprint density at radius 3 is 2.94 bits per heavy atom. The molecule has 0 unspecified atom stereocenters. The van der Waals surface area contributed by atoms with E-state index in [0.29, 0.717) is 11.3 Å². The molecule has 0 aliphatic carbocycles. The molecular formula is C13H16N2OS. The van der Waals surface area contributed by atoms with Crippen LogP contribution in [0, 0.1) is 12.3 Å². The van der Waals surface area contributed by atoms with Crippen molar-refractivity contribution in [1.82, 2.24) is 0 Å². The molecule has 1 rings (SSSR count). The van der Waals surface area contributed by atoms with Crippen LogP contribution in [0.1, 0.15) is 17.3 Å². The van der Waals surface area contributed by atoms with E-state index in [1.807, 2.05) is 6.07 Å². The van der Waals surface area contributed by atoms with E-state index in [2.05, 4.69) is 11.2 Å². The lowest BCUT2D eigenvalue weighted by Crippen LogP contribution is -2.06. The van der Waals surface area contributed by atoms with Gasteiger partial charge in [0.2, 0.25) is 0 Å². The first-order valence-electron chi connectivity index (χ1n) is 5.30. The van der Waals surface area contributed by atoms with Gasteiger partial charge in [0.25, 0.3) is 0 Å². The zero-order valence-corrected chi connectivity index (χ0v) is 10.6. The standard InChI is InChI=1S/C13H16N2OS/c1-3-7-17-8-6-15-11-4-5-12(10(2)16)13(14)9-11/h1,4-5,9,15H,6-8,14H2,2H3. The number of carbonyl (C=O) groups is 1. The van der Waals surface area contributed by atoms with E-state index in [9.17, 15) is 4.79 Å². The molecule has 0 bridgehead atoms. The molecule has 0 aliphatic rings. The number of nitrogens with two attached hydrogens (primary N) is 1. The summed E-state index contributed by atoms with van der Waals surface area (Å²) in [7, 11) is 0. The molecule has 17 heavy (non-hydrogen) atoms. The predicted octanol–water partition coefficient (Wildman–Crippen LogP) is 2.25. The van der Waals surface area contributed by atoms with Gasteiger partial charge in [-0.3, -0.25) is 4.79 Å². The molecule has 1 aromatic rings. The molecular weight excluding hydrogens is 232 g/mol. The fourth-order valence-electron chi connectivity index (χ4n) is 1.39. The number of carbonyl (C=O) groups excluding carboxylic acids is 1. The Morgan fingerprint density at radius 1 is 1.59 bits per heavy atom. The van der Waals surface area contributed by atoms with Crippen LogP contribution in [0.2, 0.25) is 0 Å². The van der Waals surface area contributed by atoms with Gasteiger partial charge >= 0.3 is 0 Å². The summed E-state index contributed by atoms with van der Waals surface area (Å²) < 4.78 is 0. The number of rotatable bonds is 6. The molecule has 0 aromatic heterocycles. The monoisotopic (exact) mass is 248 g/mol. The molecule has 0 atom stereocenters. The summed E-state index contributed by atoms with van der Waals surface area (Å²) in [4.78, 5) is 11.2. The maximum Gasteiger partial charge on any atom is 0.161 e. The van der Waals surface area contributed by atoms with Crippen molar-refractivity contribution in [3.05, 3.63) is 23.8 Å². The van der Waals surface area contributed by atoms with Crippen molar-refractivity contribution >= 4 is 28.9 Å². The van der Waals surface area contributed by atoms with E-state index in [1.54, 1.807) is 23.9 Å². The second-order valence-electron chi connectivity index (χ2n) is 3.54. The Balaban J connectivity index is 2.48. The first kappa shape index (κ1) is 13.5. The van der Waals surface area contributed by atoms with Crippen LogP contribution in [0.3, 0.4) is 0 Å². The number of thioether (sulfide) groups is 1. The summed E-state index contributed by atoms with van der Waals surface area (Å²) in [5.41, 5.74) is 7.79. The number of nitrogen functional groups attached to an aromatic ring is 1. The molecule has 0 radical (unpaired) electrons. The highest BCUT2D eigenvalue weighted by Crippen LogP contribution is 2.18. The van der Waals surface area contributed by atoms with Gasteiger partial charge in [0, 0.05) is 29.2 Å². The van der Waals surface area contributed by atoms with Gasteiger partial charge in [-0.15, -0.1) is 18.2 Å². The maximum atomic E-state index is 11.2. The van der Waals surface area contributed by atoms with Crippen LogP contribution in [0.4, 0.5) is 11.4 Å². The average Bonchev–Trinajstić information content (AvgIpc) is 2.28. The third-order valence-electron chi connectivity index (χ3n) is 2.19. The summed E-state index contributed by atoms with van der Waals surface area (Å²) in [6.07, 6.45) is 5.15. The second kappa shape index (κ2) is 6.87. The van der Waals surface area contributed by atoms with E-state index in [4.69, 9.17) is 12.2 Å². The number of nitrogens with one attached hydrogen (secondary N) is 1. The largest absolute Gasteiger partial charge is 0.398 e. The number of ketones is 1. The average molecular weight is 248 g/mol. The minimum atomic E-state index is -0.0152. The first-order valence-corrected chi connectivity index (χ1v) is 6.46. The molecule has 0 fully saturated rings. The van der Waals surface area contributed by atoms with E-state index in [1.165, 1.54) is 6.92 Å². The van der Waals surface area contributed by atoms with Crippen molar-refractivity contribution < 1.29 is 4.79 Å². The molecule has 90 valence electrons. The highest BCUT2D eigenvalue weighted by molar-refractivity contribution is 7.99. The highest BCUT2D eigenvalue weighted by atomic mass is 32.2. The van der Waals surface area contributed by atoms with Crippen molar-refractivity contribution in [2.75, 3.05) is 29.1 Å². The lowest BCUT2D eigenvalue weighted by Gasteiger charge is -2.08. The van der Waals surface area contributed by atoms with Gasteiger partial charge < -0.3 is 11.1 Å². The topological polar surface area (TPSA) is 55.1 Å². The number of Topliss-reactive ketones (excluding diaryl/α,β-unsaturated/α-hetero) is 1. The van der Waals surface area contributed by atoms with Gasteiger partial charge in [-0.1, -0.05) is 5.92 Å². The Hall–Kier alpha value is -1.60. The van der Waals surface area contributed by atoms with E-state index in [0.717, 1.165) is 23.7 Å². The minimum absolute atomic E-state index is 0.0152. The van der Waals surface area contributed by atoms with Gasteiger partial charge in [-0.25, -0.2) is 0 Å². The van der Waals surface area contributed by atoms with Crippen molar-refractivity contribution in [1.29, 1.82) is 0 Å². The summed E-state index contributed by atoms with van der Waals surface area (Å²) in [5.74, 6) is 4.23. The molecule has 0 amide bonds. The number of benzene rings is 1. The Labute approximate surface area is 106 Å². The maximum absolute atomic E-state index is 11.2. The Bertz CT molecular complexity index is 438. The van der Waals surface area contributed by atoms with Crippen LogP contribution in [-0.2, 0) is 0 Å². The van der Waals surface area contributed by atoms with Crippen LogP contribution >= 0.6 is 11.8 Å². The zero-order chi connectivity index (χ0) is 12.7. The normalized spacial score (nSPS) is 9.65. The van der Waals surface area contributed by atoms with Crippen molar-refractivity contribution in [2.24, 2.45) is 0 Å². The van der Waals surface area contributed by atoms with E-state index < -0.39 is 0 Å². The highest BCUT2D eigenvalue weighted by Gasteiger charge is 2.04. The predicted molar refractivity (Wildman–Crippen MR) is 75.5 cm³/mol. The van der Waals surface area contributed by atoms with E-state index >= 15 is 0 Å². The van der Waals surface area contributed by atoms with Crippen LogP contribution in [0.15, 0.2) is 18.2 Å². The molecule has 1 aromatic carbocycles. The number of anilines is 2. The lowest BCUT2D eigenvalue weighted by molar-refractivity contribution is 0.101. The number of hydrogen-bond acceptors (Lipinski definition) is 4. The van der Waals surface area contributed by atoms with Gasteiger partial charge in [-0.2, -0.15) is 0 Å². The third-order valence-corrected chi connectivity index (χ3v) is 3.06. The minimum Gasteiger partial charge on any atom is -0.398 e. The van der Waals surface area contributed by atoms with E-state index in [-0.39, 0.29) is 5.78 Å². The number of terminal acetylenes is 1. The molecule has 3 nitrogen and oxygen atoms in total. The summed E-state index contributed by atoms with van der Waals surface area (Å²) in [5, 5.41) is 3.23. The quantitative estimate of drug-likeness (QED) is 0.351.